The number of anilines is 1. The van der Waals surface area contributed by atoms with Gasteiger partial charge in [-0.2, -0.15) is 0 Å². The van der Waals surface area contributed by atoms with E-state index in [9.17, 15) is 8.78 Å². The van der Waals surface area contributed by atoms with Crippen LogP contribution in [0.4, 0.5) is 14.7 Å². The lowest BCUT2D eigenvalue weighted by Crippen LogP contribution is -2.14. The van der Waals surface area contributed by atoms with Gasteiger partial charge < -0.3 is 9.88 Å². The zero-order valence-electron chi connectivity index (χ0n) is 8.37. The Morgan fingerprint density at radius 1 is 1.50 bits per heavy atom. The topological polar surface area (TPSA) is 29.9 Å². The van der Waals surface area contributed by atoms with Crippen molar-refractivity contribution < 1.29 is 8.78 Å². The third kappa shape index (κ3) is 3.32. The van der Waals surface area contributed by atoms with Crippen molar-refractivity contribution in [2.75, 3.05) is 11.9 Å². The summed E-state index contributed by atoms with van der Waals surface area (Å²) in [6.07, 6.45) is 0.726. The summed E-state index contributed by atoms with van der Waals surface area (Å²) in [6.45, 7) is 4.53. The average molecular weight is 203 g/mol. The van der Waals surface area contributed by atoms with Crippen molar-refractivity contribution in [1.82, 2.24) is 9.55 Å². The van der Waals surface area contributed by atoms with Gasteiger partial charge in [-0.15, -0.1) is 0 Å². The zero-order chi connectivity index (χ0) is 10.6. The number of aromatic nitrogens is 2. The lowest BCUT2D eigenvalue weighted by molar-refractivity contribution is 0.127. The van der Waals surface area contributed by atoms with E-state index in [4.69, 9.17) is 0 Å². The molecule has 3 nitrogen and oxygen atoms in total. The summed E-state index contributed by atoms with van der Waals surface area (Å²) in [6, 6.07) is 0. The van der Waals surface area contributed by atoms with E-state index in [0.717, 1.165) is 6.54 Å². The molecule has 5 heteroatoms. The van der Waals surface area contributed by atoms with Gasteiger partial charge in [-0.3, -0.25) is 0 Å². The minimum Gasteiger partial charge on any atom is -0.355 e. The van der Waals surface area contributed by atoms with Gasteiger partial charge in [0.25, 0.3) is 6.43 Å². The molecule has 1 N–H and O–H groups in total. The fourth-order valence-electron chi connectivity index (χ4n) is 1.07. The molecule has 0 radical (unpaired) electrons. The summed E-state index contributed by atoms with van der Waals surface area (Å²) in [5.41, 5.74) is 0. The molecular formula is C9H15F2N3. The molecule has 1 aromatic rings. The molecule has 0 unspecified atom stereocenters. The summed E-state index contributed by atoms with van der Waals surface area (Å²) in [4.78, 5) is 3.96. The first-order valence-corrected chi connectivity index (χ1v) is 4.62. The number of alkyl halides is 2. The number of nitrogens with one attached hydrogen (secondary N) is 1. The second-order valence-corrected chi connectivity index (χ2v) is 3.57. The standard InChI is InChI=1S/C9H15F2N3/c1-7(2)5-13-9-12-3-4-14(9)6-8(10)11/h3-4,7-8H,5-6H2,1-2H3,(H,12,13). The Labute approximate surface area is 82.1 Å². The van der Waals surface area contributed by atoms with Crippen LogP contribution in [0.25, 0.3) is 0 Å². The first-order chi connectivity index (χ1) is 6.59. The van der Waals surface area contributed by atoms with Gasteiger partial charge in [-0.1, -0.05) is 13.8 Å². The van der Waals surface area contributed by atoms with Crippen LogP contribution in [-0.2, 0) is 6.54 Å². The van der Waals surface area contributed by atoms with Crippen molar-refractivity contribution >= 4 is 5.95 Å². The monoisotopic (exact) mass is 203 g/mol. The van der Waals surface area contributed by atoms with Crippen LogP contribution in [0, 0.1) is 5.92 Å². The SMILES string of the molecule is CC(C)CNc1nccn1CC(F)F. The summed E-state index contributed by atoms with van der Waals surface area (Å²) < 4.78 is 25.6. The molecule has 14 heavy (non-hydrogen) atoms. The van der Waals surface area contributed by atoms with E-state index >= 15 is 0 Å². The van der Waals surface area contributed by atoms with Crippen LogP contribution in [0.5, 0.6) is 0 Å². The molecule has 0 bridgehead atoms. The molecule has 0 atom stereocenters. The van der Waals surface area contributed by atoms with Gasteiger partial charge in [-0.25, -0.2) is 13.8 Å². The first-order valence-electron chi connectivity index (χ1n) is 4.62. The average Bonchev–Trinajstić information content (AvgIpc) is 2.47. The molecule has 0 aliphatic heterocycles. The molecule has 1 aromatic heterocycles. The van der Waals surface area contributed by atoms with Crippen LogP contribution in [0.15, 0.2) is 12.4 Å². The van der Waals surface area contributed by atoms with Crippen molar-refractivity contribution in [1.29, 1.82) is 0 Å². The molecule has 0 saturated heterocycles. The summed E-state index contributed by atoms with van der Waals surface area (Å²) in [7, 11) is 0. The highest BCUT2D eigenvalue weighted by Gasteiger charge is 2.08. The van der Waals surface area contributed by atoms with Crippen LogP contribution in [0.1, 0.15) is 13.8 Å². The van der Waals surface area contributed by atoms with Gasteiger partial charge in [0.1, 0.15) is 0 Å². The Hall–Kier alpha value is -1.13. The molecule has 0 aromatic carbocycles. The highest BCUT2D eigenvalue weighted by molar-refractivity contribution is 5.25. The third-order valence-electron chi connectivity index (χ3n) is 1.72. The van der Waals surface area contributed by atoms with Crippen LogP contribution in [-0.4, -0.2) is 22.5 Å². The first kappa shape index (κ1) is 10.9. The molecule has 0 aliphatic rings. The minimum atomic E-state index is -2.34. The molecule has 0 spiro atoms. The Kier molecular flexibility index (Phi) is 3.85. The number of halogens is 2. The smallest absolute Gasteiger partial charge is 0.256 e. The fraction of sp³-hybridized carbons (Fsp3) is 0.667. The van der Waals surface area contributed by atoms with Crippen LogP contribution in [0.3, 0.4) is 0 Å². The van der Waals surface area contributed by atoms with Crippen molar-refractivity contribution in [3.63, 3.8) is 0 Å². The third-order valence-corrected chi connectivity index (χ3v) is 1.72. The second-order valence-electron chi connectivity index (χ2n) is 3.57. The van der Waals surface area contributed by atoms with Crippen LogP contribution < -0.4 is 5.32 Å². The van der Waals surface area contributed by atoms with E-state index < -0.39 is 6.43 Å². The molecule has 1 rings (SSSR count). The van der Waals surface area contributed by atoms with Crippen molar-refractivity contribution in [3.05, 3.63) is 12.4 Å². The van der Waals surface area contributed by atoms with Gasteiger partial charge in [-0.05, 0) is 5.92 Å². The predicted octanol–water partition coefficient (Wildman–Crippen LogP) is 2.22. The zero-order valence-corrected chi connectivity index (χ0v) is 8.37. The second kappa shape index (κ2) is 4.93. The van der Waals surface area contributed by atoms with E-state index in [1.807, 2.05) is 13.8 Å². The van der Waals surface area contributed by atoms with Crippen molar-refractivity contribution in [3.8, 4) is 0 Å². The number of imidazole rings is 1. The van der Waals surface area contributed by atoms with Gasteiger partial charge in [0, 0.05) is 18.9 Å². The van der Waals surface area contributed by atoms with Crippen molar-refractivity contribution in [2.24, 2.45) is 5.92 Å². The molecule has 0 amide bonds. The molecule has 0 aliphatic carbocycles. The highest BCUT2D eigenvalue weighted by Crippen LogP contribution is 2.08. The normalized spacial score (nSPS) is 11.3. The Bertz CT molecular complexity index is 271. The van der Waals surface area contributed by atoms with Gasteiger partial charge in [0.2, 0.25) is 5.95 Å². The van der Waals surface area contributed by atoms with Crippen LogP contribution >= 0.6 is 0 Å². The lowest BCUT2D eigenvalue weighted by atomic mass is 10.2. The Morgan fingerprint density at radius 3 is 2.79 bits per heavy atom. The number of hydrogen-bond donors (Lipinski definition) is 1. The molecule has 0 fully saturated rings. The van der Waals surface area contributed by atoms with Crippen LogP contribution in [0.2, 0.25) is 0 Å². The van der Waals surface area contributed by atoms with E-state index in [1.54, 1.807) is 6.20 Å². The predicted molar refractivity (Wildman–Crippen MR) is 51.6 cm³/mol. The molecule has 80 valence electrons. The Morgan fingerprint density at radius 2 is 2.21 bits per heavy atom. The van der Waals surface area contributed by atoms with Gasteiger partial charge in [0.05, 0.1) is 6.54 Å². The van der Waals surface area contributed by atoms with Gasteiger partial charge >= 0.3 is 0 Å². The maximum absolute atomic E-state index is 12.1. The van der Waals surface area contributed by atoms with E-state index in [0.29, 0.717) is 11.9 Å². The Balaban J connectivity index is 2.53. The fourth-order valence-corrected chi connectivity index (χ4v) is 1.07. The summed E-state index contributed by atoms with van der Waals surface area (Å²) >= 11 is 0. The molecular weight excluding hydrogens is 188 g/mol. The van der Waals surface area contributed by atoms with Crippen molar-refractivity contribution in [2.45, 2.75) is 26.8 Å². The van der Waals surface area contributed by atoms with E-state index in [1.165, 1.54) is 10.8 Å². The van der Waals surface area contributed by atoms with Gasteiger partial charge in [0.15, 0.2) is 0 Å². The summed E-state index contributed by atoms with van der Waals surface area (Å²) in [5, 5.41) is 3.02. The number of hydrogen-bond acceptors (Lipinski definition) is 2. The molecule has 0 saturated carbocycles. The summed E-state index contributed by atoms with van der Waals surface area (Å²) in [5.74, 6) is 0.978. The molecule has 1 heterocycles. The highest BCUT2D eigenvalue weighted by atomic mass is 19.3. The van der Waals surface area contributed by atoms with E-state index in [2.05, 4.69) is 10.3 Å². The maximum Gasteiger partial charge on any atom is 0.256 e. The number of nitrogens with zero attached hydrogens (tertiary/aromatic N) is 2. The largest absolute Gasteiger partial charge is 0.355 e. The van der Waals surface area contributed by atoms with E-state index in [-0.39, 0.29) is 6.54 Å². The minimum absolute atomic E-state index is 0.305. The quantitative estimate of drug-likeness (QED) is 0.795. The lowest BCUT2D eigenvalue weighted by Gasteiger charge is -2.10. The number of rotatable bonds is 5. The maximum atomic E-state index is 12.1.